The fraction of sp³-hybridized carbons (Fsp3) is 0.429. The van der Waals surface area contributed by atoms with E-state index in [2.05, 4.69) is 34.3 Å². The topological polar surface area (TPSA) is 37.8 Å². The van der Waals surface area contributed by atoms with Crippen molar-refractivity contribution in [1.82, 2.24) is 15.3 Å². The highest BCUT2D eigenvalue weighted by atomic mass is 32.2. The van der Waals surface area contributed by atoms with E-state index in [9.17, 15) is 0 Å². The molecule has 0 fully saturated rings. The average molecular weight is 293 g/mol. The zero-order chi connectivity index (χ0) is 13.7. The SMILES string of the molecule is Cc1cc(C)nc(SCCNCc2ccc(C)s2)n1. The van der Waals surface area contributed by atoms with Crippen LogP contribution in [-0.2, 0) is 6.54 Å². The molecule has 0 bridgehead atoms. The van der Waals surface area contributed by atoms with Crippen LogP contribution in [0.5, 0.6) is 0 Å². The van der Waals surface area contributed by atoms with Crippen LogP contribution in [0.15, 0.2) is 23.4 Å². The summed E-state index contributed by atoms with van der Waals surface area (Å²) in [5.74, 6) is 0.993. The summed E-state index contributed by atoms with van der Waals surface area (Å²) in [7, 11) is 0. The number of hydrogen-bond donors (Lipinski definition) is 1. The first-order valence-corrected chi connectivity index (χ1v) is 8.15. The van der Waals surface area contributed by atoms with E-state index in [1.54, 1.807) is 11.8 Å². The monoisotopic (exact) mass is 293 g/mol. The van der Waals surface area contributed by atoms with Crippen molar-refractivity contribution < 1.29 is 0 Å². The Labute approximate surface area is 122 Å². The first kappa shape index (κ1) is 14.5. The molecule has 0 aliphatic heterocycles. The van der Waals surface area contributed by atoms with Crippen molar-refractivity contribution in [2.24, 2.45) is 0 Å². The van der Waals surface area contributed by atoms with Crippen molar-refractivity contribution in [3.05, 3.63) is 39.3 Å². The number of aromatic nitrogens is 2. The van der Waals surface area contributed by atoms with Crippen molar-refractivity contribution in [2.75, 3.05) is 12.3 Å². The van der Waals surface area contributed by atoms with Crippen molar-refractivity contribution >= 4 is 23.1 Å². The Morgan fingerprint density at radius 2 is 1.89 bits per heavy atom. The Hall–Kier alpha value is -0.910. The van der Waals surface area contributed by atoms with Gasteiger partial charge in [-0.3, -0.25) is 0 Å². The van der Waals surface area contributed by atoms with Gasteiger partial charge in [0, 0.05) is 40.0 Å². The third kappa shape index (κ3) is 4.93. The van der Waals surface area contributed by atoms with Crippen LogP contribution < -0.4 is 5.32 Å². The first-order valence-electron chi connectivity index (χ1n) is 6.34. The Balaban J connectivity index is 1.69. The van der Waals surface area contributed by atoms with Gasteiger partial charge in [-0.25, -0.2) is 9.97 Å². The van der Waals surface area contributed by atoms with Gasteiger partial charge in [0.05, 0.1) is 0 Å². The van der Waals surface area contributed by atoms with Gasteiger partial charge < -0.3 is 5.32 Å². The predicted octanol–water partition coefficient (Wildman–Crippen LogP) is 3.35. The maximum absolute atomic E-state index is 4.42. The van der Waals surface area contributed by atoms with Gasteiger partial charge in [0.15, 0.2) is 5.16 Å². The molecule has 0 atom stereocenters. The van der Waals surface area contributed by atoms with Crippen LogP contribution in [0.25, 0.3) is 0 Å². The van der Waals surface area contributed by atoms with Gasteiger partial charge in [0.25, 0.3) is 0 Å². The van der Waals surface area contributed by atoms with Crippen molar-refractivity contribution in [1.29, 1.82) is 0 Å². The summed E-state index contributed by atoms with van der Waals surface area (Å²) in [4.78, 5) is 11.6. The molecule has 0 saturated carbocycles. The lowest BCUT2D eigenvalue weighted by Gasteiger charge is -2.04. The summed E-state index contributed by atoms with van der Waals surface area (Å²) in [6.07, 6.45) is 0. The minimum atomic E-state index is 0.881. The lowest BCUT2D eigenvalue weighted by atomic mass is 10.4. The molecule has 102 valence electrons. The van der Waals surface area contributed by atoms with Gasteiger partial charge >= 0.3 is 0 Å². The molecule has 0 amide bonds. The van der Waals surface area contributed by atoms with Gasteiger partial charge in [0.2, 0.25) is 0 Å². The molecule has 1 N–H and O–H groups in total. The summed E-state index contributed by atoms with van der Waals surface area (Å²) in [5, 5.41) is 4.33. The van der Waals surface area contributed by atoms with Crippen LogP contribution in [0, 0.1) is 20.8 Å². The second-order valence-electron chi connectivity index (χ2n) is 4.47. The smallest absolute Gasteiger partial charge is 0.188 e. The summed E-state index contributed by atoms with van der Waals surface area (Å²) in [5.41, 5.74) is 2.08. The van der Waals surface area contributed by atoms with E-state index in [1.807, 2.05) is 31.3 Å². The van der Waals surface area contributed by atoms with Gasteiger partial charge in [-0.2, -0.15) is 0 Å². The van der Waals surface area contributed by atoms with Gasteiger partial charge in [-0.05, 0) is 39.0 Å². The molecular formula is C14H19N3S2. The molecule has 0 radical (unpaired) electrons. The summed E-state index contributed by atoms with van der Waals surface area (Å²) < 4.78 is 0. The first-order chi connectivity index (χ1) is 9.13. The highest BCUT2D eigenvalue weighted by molar-refractivity contribution is 7.99. The standard InChI is InChI=1S/C14H19N3S2/c1-10-8-11(2)17-14(16-10)18-7-6-15-9-13-5-4-12(3)19-13/h4-5,8,15H,6-7,9H2,1-3H3. The Kier molecular flexibility index (Phi) is 5.36. The highest BCUT2D eigenvalue weighted by Crippen LogP contribution is 2.15. The van der Waals surface area contributed by atoms with Gasteiger partial charge in [-0.1, -0.05) is 11.8 Å². The second-order valence-corrected chi connectivity index (χ2v) is 6.91. The van der Waals surface area contributed by atoms with Crippen LogP contribution in [0.2, 0.25) is 0 Å². The van der Waals surface area contributed by atoms with E-state index in [0.717, 1.165) is 35.4 Å². The maximum Gasteiger partial charge on any atom is 0.188 e. The number of nitrogens with one attached hydrogen (secondary N) is 1. The fourth-order valence-corrected chi connectivity index (χ4v) is 3.47. The van der Waals surface area contributed by atoms with Crippen LogP contribution in [0.4, 0.5) is 0 Å². The molecule has 2 rings (SSSR count). The van der Waals surface area contributed by atoms with Gasteiger partial charge in [0.1, 0.15) is 0 Å². The molecule has 5 heteroatoms. The van der Waals surface area contributed by atoms with E-state index in [1.165, 1.54) is 9.75 Å². The van der Waals surface area contributed by atoms with Crippen LogP contribution in [0.3, 0.4) is 0 Å². The molecular weight excluding hydrogens is 274 g/mol. The molecule has 0 unspecified atom stereocenters. The van der Waals surface area contributed by atoms with Crippen LogP contribution >= 0.6 is 23.1 Å². The molecule has 0 aromatic carbocycles. The number of thioether (sulfide) groups is 1. The Morgan fingerprint density at radius 3 is 2.53 bits per heavy atom. The molecule has 0 aliphatic rings. The lowest BCUT2D eigenvalue weighted by Crippen LogP contribution is -2.15. The largest absolute Gasteiger partial charge is 0.311 e. The van der Waals surface area contributed by atoms with E-state index in [-0.39, 0.29) is 0 Å². The number of nitrogens with zero attached hydrogens (tertiary/aromatic N) is 2. The molecule has 0 saturated heterocycles. The van der Waals surface area contributed by atoms with E-state index in [4.69, 9.17) is 0 Å². The molecule has 19 heavy (non-hydrogen) atoms. The lowest BCUT2D eigenvalue weighted by molar-refractivity contribution is 0.739. The molecule has 2 aromatic rings. The number of hydrogen-bond acceptors (Lipinski definition) is 5. The predicted molar refractivity (Wildman–Crippen MR) is 83.0 cm³/mol. The number of aryl methyl sites for hydroxylation is 3. The molecule has 2 heterocycles. The van der Waals surface area contributed by atoms with E-state index >= 15 is 0 Å². The van der Waals surface area contributed by atoms with Crippen molar-refractivity contribution in [2.45, 2.75) is 32.5 Å². The zero-order valence-corrected chi connectivity index (χ0v) is 13.2. The number of rotatable bonds is 6. The highest BCUT2D eigenvalue weighted by Gasteiger charge is 2.00. The van der Waals surface area contributed by atoms with E-state index < -0.39 is 0 Å². The van der Waals surface area contributed by atoms with Crippen LogP contribution in [-0.4, -0.2) is 22.3 Å². The second kappa shape index (κ2) is 7.03. The molecule has 2 aromatic heterocycles. The van der Waals surface area contributed by atoms with E-state index in [0.29, 0.717) is 0 Å². The van der Waals surface area contributed by atoms with Crippen molar-refractivity contribution in [3.63, 3.8) is 0 Å². The number of thiophene rings is 1. The third-order valence-electron chi connectivity index (χ3n) is 2.57. The minimum absolute atomic E-state index is 0.881. The molecule has 0 aliphatic carbocycles. The summed E-state index contributed by atoms with van der Waals surface area (Å²) in [6, 6.07) is 6.36. The normalized spacial score (nSPS) is 10.9. The summed E-state index contributed by atoms with van der Waals surface area (Å²) >= 11 is 3.56. The molecule has 0 spiro atoms. The summed E-state index contributed by atoms with van der Waals surface area (Å²) in [6.45, 7) is 8.08. The van der Waals surface area contributed by atoms with Crippen LogP contribution in [0.1, 0.15) is 21.1 Å². The Morgan fingerprint density at radius 1 is 1.16 bits per heavy atom. The minimum Gasteiger partial charge on any atom is -0.311 e. The van der Waals surface area contributed by atoms with Gasteiger partial charge in [-0.15, -0.1) is 11.3 Å². The quantitative estimate of drug-likeness (QED) is 0.503. The Bertz CT molecular complexity index is 517. The fourth-order valence-electron chi connectivity index (χ4n) is 1.76. The zero-order valence-electron chi connectivity index (χ0n) is 11.6. The average Bonchev–Trinajstić information content (AvgIpc) is 2.73. The maximum atomic E-state index is 4.42. The molecule has 3 nitrogen and oxygen atoms in total. The third-order valence-corrected chi connectivity index (χ3v) is 4.42. The van der Waals surface area contributed by atoms with Crippen molar-refractivity contribution in [3.8, 4) is 0 Å².